The van der Waals surface area contributed by atoms with Gasteiger partial charge in [0.2, 0.25) is 0 Å². The van der Waals surface area contributed by atoms with Crippen molar-refractivity contribution in [1.29, 1.82) is 0 Å². The van der Waals surface area contributed by atoms with Gasteiger partial charge in [0.1, 0.15) is 0 Å². The molecule has 0 saturated carbocycles. The fourth-order valence-corrected chi connectivity index (χ4v) is 2.82. The van der Waals surface area contributed by atoms with E-state index in [1.54, 1.807) is 14.2 Å². The number of piperidine rings is 1. The van der Waals surface area contributed by atoms with E-state index in [0.29, 0.717) is 11.5 Å². The number of methoxy groups -OCH3 is 2. The van der Waals surface area contributed by atoms with Gasteiger partial charge in [0, 0.05) is 6.54 Å². The van der Waals surface area contributed by atoms with E-state index in [1.165, 1.54) is 12.8 Å². The van der Waals surface area contributed by atoms with Crippen LogP contribution in [-0.4, -0.2) is 43.9 Å². The average molecular weight is 293 g/mol. The molecule has 1 N–H and O–H groups in total. The summed E-state index contributed by atoms with van der Waals surface area (Å²) < 4.78 is 10.5. The summed E-state index contributed by atoms with van der Waals surface area (Å²) in [6.45, 7) is 5.57. The van der Waals surface area contributed by atoms with Gasteiger partial charge in [0.05, 0.1) is 20.3 Å². The van der Waals surface area contributed by atoms with Crippen molar-refractivity contribution >= 4 is 0 Å². The van der Waals surface area contributed by atoms with Gasteiger partial charge in [-0.2, -0.15) is 0 Å². The largest absolute Gasteiger partial charge is 0.493 e. The maximum atomic E-state index is 10.4. The van der Waals surface area contributed by atoms with Crippen LogP contribution in [0.4, 0.5) is 0 Å². The third kappa shape index (κ3) is 4.35. The predicted molar refractivity (Wildman–Crippen MR) is 84.0 cm³/mol. The number of aliphatic hydroxyl groups is 1. The normalized spacial score (nSPS) is 18.5. The summed E-state index contributed by atoms with van der Waals surface area (Å²) in [6, 6.07) is 5.62. The van der Waals surface area contributed by atoms with Crippen LogP contribution < -0.4 is 9.47 Å². The second-order valence-electron chi connectivity index (χ2n) is 5.94. The SMILES string of the molecule is COc1ccc(C(O)CCN2CCC(C)CC2)cc1OC. The van der Waals surface area contributed by atoms with E-state index in [4.69, 9.17) is 9.47 Å². The molecule has 1 heterocycles. The lowest BCUT2D eigenvalue weighted by atomic mass is 9.98. The lowest BCUT2D eigenvalue weighted by molar-refractivity contribution is 0.125. The number of benzene rings is 1. The lowest BCUT2D eigenvalue weighted by Gasteiger charge is -2.30. The molecule has 21 heavy (non-hydrogen) atoms. The first-order valence-electron chi connectivity index (χ1n) is 7.76. The highest BCUT2D eigenvalue weighted by Crippen LogP contribution is 2.31. The average Bonchev–Trinajstić information content (AvgIpc) is 2.53. The van der Waals surface area contributed by atoms with Crippen LogP contribution in [0.2, 0.25) is 0 Å². The van der Waals surface area contributed by atoms with Crippen LogP contribution in [0.1, 0.15) is 37.9 Å². The summed E-state index contributed by atoms with van der Waals surface area (Å²) in [6.07, 6.45) is 2.84. The minimum absolute atomic E-state index is 0.454. The number of hydrogen-bond acceptors (Lipinski definition) is 4. The Balaban J connectivity index is 1.89. The number of hydrogen-bond donors (Lipinski definition) is 1. The van der Waals surface area contributed by atoms with E-state index < -0.39 is 6.10 Å². The van der Waals surface area contributed by atoms with Crippen LogP contribution in [0, 0.1) is 5.92 Å². The molecule has 0 radical (unpaired) electrons. The molecule has 1 aliphatic rings. The third-order valence-electron chi connectivity index (χ3n) is 4.39. The zero-order valence-electron chi connectivity index (χ0n) is 13.3. The molecule has 2 rings (SSSR count). The zero-order valence-corrected chi connectivity index (χ0v) is 13.3. The molecule has 1 aromatic rings. The number of rotatable bonds is 6. The number of likely N-dealkylation sites (tertiary alicyclic amines) is 1. The fraction of sp³-hybridized carbons (Fsp3) is 0.647. The smallest absolute Gasteiger partial charge is 0.161 e. The van der Waals surface area contributed by atoms with E-state index in [2.05, 4.69) is 11.8 Å². The number of aliphatic hydroxyl groups excluding tert-OH is 1. The Morgan fingerprint density at radius 2 is 1.86 bits per heavy atom. The molecule has 0 amide bonds. The van der Waals surface area contributed by atoms with Gasteiger partial charge in [-0.1, -0.05) is 13.0 Å². The van der Waals surface area contributed by atoms with Gasteiger partial charge in [-0.15, -0.1) is 0 Å². The van der Waals surface area contributed by atoms with Crippen molar-refractivity contribution < 1.29 is 14.6 Å². The Labute approximate surface area is 127 Å². The molecule has 1 atom stereocenters. The first-order chi connectivity index (χ1) is 10.1. The second kappa shape index (κ2) is 7.66. The van der Waals surface area contributed by atoms with Gasteiger partial charge in [-0.3, -0.25) is 0 Å². The van der Waals surface area contributed by atoms with Crippen molar-refractivity contribution in [2.24, 2.45) is 5.92 Å². The monoisotopic (exact) mass is 293 g/mol. The molecule has 1 unspecified atom stereocenters. The quantitative estimate of drug-likeness (QED) is 0.876. The molecule has 1 aliphatic heterocycles. The maximum Gasteiger partial charge on any atom is 0.161 e. The Morgan fingerprint density at radius 3 is 2.48 bits per heavy atom. The van der Waals surface area contributed by atoms with Crippen molar-refractivity contribution in [2.75, 3.05) is 33.9 Å². The summed E-state index contributed by atoms with van der Waals surface area (Å²) in [5, 5.41) is 10.4. The van der Waals surface area contributed by atoms with Crippen LogP contribution in [0.15, 0.2) is 18.2 Å². The molecule has 1 aromatic carbocycles. The van der Waals surface area contributed by atoms with E-state index in [-0.39, 0.29) is 0 Å². The van der Waals surface area contributed by atoms with Gasteiger partial charge in [0.25, 0.3) is 0 Å². The van der Waals surface area contributed by atoms with Crippen LogP contribution in [0.25, 0.3) is 0 Å². The summed E-state index contributed by atoms with van der Waals surface area (Å²) in [7, 11) is 3.23. The highest BCUT2D eigenvalue weighted by molar-refractivity contribution is 5.43. The van der Waals surface area contributed by atoms with Crippen LogP contribution >= 0.6 is 0 Å². The first kappa shape index (κ1) is 16.1. The van der Waals surface area contributed by atoms with Crippen LogP contribution in [0.3, 0.4) is 0 Å². The van der Waals surface area contributed by atoms with Crippen molar-refractivity contribution in [2.45, 2.75) is 32.3 Å². The van der Waals surface area contributed by atoms with Gasteiger partial charge in [-0.25, -0.2) is 0 Å². The number of nitrogens with zero attached hydrogens (tertiary/aromatic N) is 1. The van der Waals surface area contributed by atoms with Crippen molar-refractivity contribution in [3.63, 3.8) is 0 Å². The Bertz CT molecular complexity index is 442. The molecule has 0 aromatic heterocycles. The van der Waals surface area contributed by atoms with Crippen molar-refractivity contribution in [3.05, 3.63) is 23.8 Å². The highest BCUT2D eigenvalue weighted by atomic mass is 16.5. The zero-order chi connectivity index (χ0) is 15.2. The molecule has 0 spiro atoms. The lowest BCUT2D eigenvalue weighted by Crippen LogP contribution is -2.34. The fourth-order valence-electron chi connectivity index (χ4n) is 2.82. The summed E-state index contributed by atoms with van der Waals surface area (Å²) >= 11 is 0. The molecule has 4 nitrogen and oxygen atoms in total. The van der Waals surface area contributed by atoms with E-state index in [0.717, 1.165) is 37.5 Å². The molecule has 0 bridgehead atoms. The summed E-state index contributed by atoms with van der Waals surface area (Å²) in [4.78, 5) is 2.45. The van der Waals surface area contributed by atoms with Crippen molar-refractivity contribution in [1.82, 2.24) is 4.90 Å². The summed E-state index contributed by atoms with van der Waals surface area (Å²) in [5.74, 6) is 2.20. The predicted octanol–water partition coefficient (Wildman–Crippen LogP) is 2.86. The Morgan fingerprint density at radius 1 is 1.19 bits per heavy atom. The van der Waals surface area contributed by atoms with E-state index >= 15 is 0 Å². The molecule has 4 heteroatoms. The van der Waals surface area contributed by atoms with Gasteiger partial charge >= 0.3 is 0 Å². The number of ether oxygens (including phenoxy) is 2. The Kier molecular flexibility index (Phi) is 5.88. The topological polar surface area (TPSA) is 41.9 Å². The molecule has 1 fully saturated rings. The minimum atomic E-state index is -0.454. The van der Waals surface area contributed by atoms with Crippen LogP contribution in [-0.2, 0) is 0 Å². The third-order valence-corrected chi connectivity index (χ3v) is 4.39. The highest BCUT2D eigenvalue weighted by Gasteiger charge is 2.17. The molecule has 1 saturated heterocycles. The van der Waals surface area contributed by atoms with E-state index in [1.807, 2.05) is 18.2 Å². The van der Waals surface area contributed by atoms with Crippen molar-refractivity contribution in [3.8, 4) is 11.5 Å². The van der Waals surface area contributed by atoms with Crippen LogP contribution in [0.5, 0.6) is 11.5 Å². The van der Waals surface area contributed by atoms with Gasteiger partial charge in [-0.05, 0) is 56.0 Å². The maximum absolute atomic E-state index is 10.4. The van der Waals surface area contributed by atoms with E-state index in [9.17, 15) is 5.11 Å². The minimum Gasteiger partial charge on any atom is -0.493 e. The second-order valence-corrected chi connectivity index (χ2v) is 5.94. The standard InChI is InChI=1S/C17H27NO3/c1-13-6-9-18(10-7-13)11-8-15(19)14-4-5-16(20-2)17(12-14)21-3/h4-5,12-13,15,19H,6-11H2,1-3H3. The molecule has 118 valence electrons. The molecular weight excluding hydrogens is 266 g/mol. The molecule has 0 aliphatic carbocycles. The summed E-state index contributed by atoms with van der Waals surface area (Å²) in [5.41, 5.74) is 0.887. The molecular formula is C17H27NO3. The van der Waals surface area contributed by atoms with Gasteiger partial charge < -0.3 is 19.5 Å². The Hall–Kier alpha value is -1.26. The first-order valence-corrected chi connectivity index (χ1v) is 7.76. The van der Waals surface area contributed by atoms with Gasteiger partial charge in [0.15, 0.2) is 11.5 Å².